The fourth-order valence-electron chi connectivity index (χ4n) is 1.76. The van der Waals surface area contributed by atoms with Crippen LogP contribution in [0.3, 0.4) is 0 Å². The quantitative estimate of drug-likeness (QED) is 0.617. The van der Waals surface area contributed by atoms with Gasteiger partial charge in [-0.3, -0.25) is 9.36 Å². The van der Waals surface area contributed by atoms with E-state index in [2.05, 4.69) is 15.0 Å². The number of cyclic esters (lactones) is 1. The van der Waals surface area contributed by atoms with E-state index in [0.29, 0.717) is 11.4 Å². The molecule has 21 heavy (non-hydrogen) atoms. The Hall–Kier alpha value is -2.31. The maximum atomic E-state index is 12.2. The monoisotopic (exact) mass is 290 g/mol. The lowest BCUT2D eigenvalue weighted by atomic mass is 10.2. The number of aromatic nitrogens is 2. The van der Waals surface area contributed by atoms with Gasteiger partial charge >= 0.3 is 5.97 Å². The Morgan fingerprint density at radius 2 is 2.19 bits per heavy atom. The van der Waals surface area contributed by atoms with Crippen molar-refractivity contribution in [2.24, 2.45) is 15.9 Å². The zero-order valence-corrected chi connectivity index (χ0v) is 12.5. The van der Waals surface area contributed by atoms with Crippen LogP contribution in [0, 0.1) is 12.8 Å². The van der Waals surface area contributed by atoms with Gasteiger partial charge < -0.3 is 4.74 Å². The number of rotatable bonds is 4. The fourth-order valence-corrected chi connectivity index (χ4v) is 1.76. The highest BCUT2D eigenvalue weighted by Gasteiger charge is 2.25. The molecule has 2 rings (SSSR count). The smallest absolute Gasteiger partial charge is 0.337 e. The van der Waals surface area contributed by atoms with E-state index in [1.165, 1.54) is 10.9 Å². The van der Waals surface area contributed by atoms with E-state index in [-0.39, 0.29) is 23.9 Å². The van der Waals surface area contributed by atoms with Crippen molar-refractivity contribution in [3.8, 4) is 0 Å². The van der Waals surface area contributed by atoms with E-state index >= 15 is 0 Å². The predicted molar refractivity (Wildman–Crippen MR) is 79.2 cm³/mol. The van der Waals surface area contributed by atoms with Gasteiger partial charge in [0, 0.05) is 6.21 Å². The molecule has 2 heterocycles. The first-order valence-corrected chi connectivity index (χ1v) is 6.77. The molecule has 1 aliphatic heterocycles. The molecule has 0 fully saturated rings. The van der Waals surface area contributed by atoms with Gasteiger partial charge in [0.25, 0.3) is 5.56 Å². The van der Waals surface area contributed by atoms with Gasteiger partial charge in [-0.2, -0.15) is 0 Å². The molecule has 0 bridgehead atoms. The summed E-state index contributed by atoms with van der Waals surface area (Å²) in [6.07, 6.45) is 3.13. The molecule has 0 N–H and O–H groups in total. The van der Waals surface area contributed by atoms with Crippen LogP contribution in [0.25, 0.3) is 0 Å². The molecule has 0 aromatic carbocycles. The van der Waals surface area contributed by atoms with E-state index in [0.717, 1.165) is 0 Å². The number of aliphatic imine (C=N–C) groups is 2. The van der Waals surface area contributed by atoms with Crippen LogP contribution in [0.4, 0.5) is 5.82 Å². The summed E-state index contributed by atoms with van der Waals surface area (Å²) in [6, 6.07) is -0.514. The molecule has 7 nitrogen and oxygen atoms in total. The molecule has 1 aromatic heterocycles. The standard InChI is InChI=1S/C14H18N4O3/c1-8(2)5-15-12-9(3)13(19)18(7-16-12)6-11-17-10(4)14(20)21-11/h5,7-8,10H,6H2,1-4H3/b15-5-/t10-/m1/s1. The molecule has 0 saturated heterocycles. The second-order valence-electron chi connectivity index (χ2n) is 5.27. The molecular formula is C14H18N4O3. The van der Waals surface area contributed by atoms with Gasteiger partial charge in [-0.15, -0.1) is 0 Å². The van der Waals surface area contributed by atoms with Gasteiger partial charge in [-0.25, -0.2) is 19.8 Å². The Kier molecular flexibility index (Phi) is 4.30. The number of esters is 1. The molecule has 0 spiro atoms. The molecule has 112 valence electrons. The van der Waals surface area contributed by atoms with Crippen LogP contribution >= 0.6 is 0 Å². The van der Waals surface area contributed by atoms with Crippen LogP contribution in [0.2, 0.25) is 0 Å². The summed E-state index contributed by atoms with van der Waals surface area (Å²) in [4.78, 5) is 35.9. The summed E-state index contributed by atoms with van der Waals surface area (Å²) in [5.41, 5.74) is 0.228. The molecule has 0 amide bonds. The molecule has 1 atom stereocenters. The Morgan fingerprint density at radius 3 is 2.76 bits per heavy atom. The third-order valence-corrected chi connectivity index (χ3v) is 2.93. The topological polar surface area (TPSA) is 85.9 Å². The Bertz CT molecular complexity index is 673. The second kappa shape index (κ2) is 5.99. The van der Waals surface area contributed by atoms with Gasteiger partial charge in [0.05, 0.1) is 5.56 Å². The summed E-state index contributed by atoms with van der Waals surface area (Å²) in [5.74, 6) is 0.515. The molecule has 1 aromatic rings. The van der Waals surface area contributed by atoms with Crippen molar-refractivity contribution in [1.29, 1.82) is 0 Å². The summed E-state index contributed by atoms with van der Waals surface area (Å²) in [6.45, 7) is 7.40. The number of nitrogens with zero attached hydrogens (tertiary/aromatic N) is 4. The zero-order chi connectivity index (χ0) is 15.6. The Labute approximate surface area is 122 Å². The molecule has 0 unspecified atom stereocenters. The summed E-state index contributed by atoms with van der Waals surface area (Å²) >= 11 is 0. The average molecular weight is 290 g/mol. The van der Waals surface area contributed by atoms with Gasteiger partial charge in [0.1, 0.15) is 18.9 Å². The number of hydrogen-bond acceptors (Lipinski definition) is 6. The summed E-state index contributed by atoms with van der Waals surface area (Å²) in [7, 11) is 0. The van der Waals surface area contributed by atoms with Crippen molar-refractivity contribution in [3.63, 3.8) is 0 Å². The molecular weight excluding hydrogens is 272 g/mol. The zero-order valence-electron chi connectivity index (χ0n) is 12.5. The second-order valence-corrected chi connectivity index (χ2v) is 5.27. The number of hydrogen-bond donors (Lipinski definition) is 0. The van der Waals surface area contributed by atoms with Crippen LogP contribution in [-0.4, -0.2) is 33.7 Å². The molecule has 7 heteroatoms. The first-order valence-electron chi connectivity index (χ1n) is 6.77. The molecule has 0 radical (unpaired) electrons. The maximum absolute atomic E-state index is 12.2. The number of carbonyl (C=O) groups is 1. The summed E-state index contributed by atoms with van der Waals surface area (Å²) in [5, 5.41) is 0. The van der Waals surface area contributed by atoms with Crippen LogP contribution in [0.15, 0.2) is 21.1 Å². The highest BCUT2D eigenvalue weighted by molar-refractivity contribution is 5.96. The fraction of sp³-hybridized carbons (Fsp3) is 0.500. The molecule has 1 aliphatic rings. The van der Waals surface area contributed by atoms with E-state index < -0.39 is 12.0 Å². The number of carbonyl (C=O) groups excluding carboxylic acids is 1. The van der Waals surface area contributed by atoms with Crippen LogP contribution < -0.4 is 5.56 Å². The van der Waals surface area contributed by atoms with E-state index in [4.69, 9.17) is 4.74 Å². The van der Waals surface area contributed by atoms with Crippen molar-refractivity contribution in [1.82, 2.24) is 9.55 Å². The van der Waals surface area contributed by atoms with Gasteiger partial charge in [0.2, 0.25) is 5.90 Å². The van der Waals surface area contributed by atoms with Gasteiger partial charge in [0.15, 0.2) is 5.82 Å². The maximum Gasteiger partial charge on any atom is 0.337 e. The average Bonchev–Trinajstić information content (AvgIpc) is 2.73. The largest absolute Gasteiger partial charge is 0.408 e. The SMILES string of the molecule is Cc1c(/N=C\C(C)C)ncn(CC2=N[C@H](C)C(=O)O2)c1=O. The lowest BCUT2D eigenvalue weighted by Gasteiger charge is -2.07. The first kappa shape index (κ1) is 15.1. The molecule has 0 saturated carbocycles. The van der Waals surface area contributed by atoms with E-state index in [1.54, 1.807) is 20.1 Å². The van der Waals surface area contributed by atoms with Crippen LogP contribution in [-0.2, 0) is 16.1 Å². The number of ether oxygens (including phenoxy) is 1. The minimum Gasteiger partial charge on any atom is -0.408 e. The van der Waals surface area contributed by atoms with Crippen molar-refractivity contribution in [2.75, 3.05) is 0 Å². The lowest BCUT2D eigenvalue weighted by molar-refractivity contribution is -0.134. The summed E-state index contributed by atoms with van der Waals surface area (Å²) < 4.78 is 6.33. The third kappa shape index (κ3) is 3.42. The predicted octanol–water partition coefficient (Wildman–Crippen LogP) is 1.25. The minimum absolute atomic E-state index is 0.0942. The van der Waals surface area contributed by atoms with Crippen molar-refractivity contribution in [3.05, 3.63) is 22.2 Å². The van der Waals surface area contributed by atoms with Gasteiger partial charge in [-0.1, -0.05) is 13.8 Å². The van der Waals surface area contributed by atoms with E-state index in [9.17, 15) is 9.59 Å². The first-order chi connectivity index (χ1) is 9.88. The Balaban J connectivity index is 2.24. The highest BCUT2D eigenvalue weighted by atomic mass is 16.6. The molecule has 0 aliphatic carbocycles. The van der Waals surface area contributed by atoms with Crippen LogP contribution in [0.5, 0.6) is 0 Å². The lowest BCUT2D eigenvalue weighted by Crippen LogP contribution is -2.26. The minimum atomic E-state index is -0.514. The van der Waals surface area contributed by atoms with E-state index in [1.807, 2.05) is 13.8 Å². The normalized spacial score (nSPS) is 18.4. The van der Waals surface area contributed by atoms with Gasteiger partial charge in [-0.05, 0) is 19.8 Å². The van der Waals surface area contributed by atoms with Crippen molar-refractivity contribution >= 4 is 23.9 Å². The Morgan fingerprint density at radius 1 is 1.48 bits per heavy atom. The van der Waals surface area contributed by atoms with Crippen LogP contribution in [0.1, 0.15) is 26.3 Å². The highest BCUT2D eigenvalue weighted by Crippen LogP contribution is 2.11. The van der Waals surface area contributed by atoms with Crippen molar-refractivity contribution in [2.45, 2.75) is 40.3 Å². The van der Waals surface area contributed by atoms with Crippen molar-refractivity contribution < 1.29 is 9.53 Å². The third-order valence-electron chi connectivity index (χ3n) is 2.93.